The van der Waals surface area contributed by atoms with Crippen LogP contribution >= 0.6 is 0 Å². The maximum atomic E-state index is 12.7. The van der Waals surface area contributed by atoms with E-state index in [0.29, 0.717) is 12.8 Å². The van der Waals surface area contributed by atoms with Crippen LogP contribution in [0, 0.1) is 0 Å². The number of ether oxygens (including phenoxy) is 3. The number of hydrogen-bond donors (Lipinski definition) is 0. The Kier molecular flexibility index (Phi) is 37.8. The number of carbonyl (C=O) groups excluding carboxylic acids is 3. The molecule has 328 valence electrons. The Morgan fingerprint density at radius 2 is 0.982 bits per heavy atom. The highest BCUT2D eigenvalue weighted by molar-refractivity contribution is 5.70. The molecule has 0 saturated carbocycles. The van der Waals surface area contributed by atoms with Crippen LogP contribution in [0.15, 0.2) is 60.8 Å². The largest absolute Gasteiger partial charge is 0.544 e. The van der Waals surface area contributed by atoms with Crippen molar-refractivity contribution in [3.8, 4) is 0 Å². The molecule has 57 heavy (non-hydrogen) atoms. The van der Waals surface area contributed by atoms with E-state index in [1.165, 1.54) is 96.3 Å². The zero-order valence-corrected chi connectivity index (χ0v) is 37.2. The van der Waals surface area contributed by atoms with Crippen molar-refractivity contribution in [3.63, 3.8) is 0 Å². The van der Waals surface area contributed by atoms with Crippen molar-refractivity contribution in [2.75, 3.05) is 41.0 Å². The predicted molar refractivity (Wildman–Crippen MR) is 236 cm³/mol. The van der Waals surface area contributed by atoms with Crippen LogP contribution in [0.4, 0.5) is 0 Å². The fraction of sp³-hybridized carbons (Fsp3) is 0.735. The standard InChI is InChI=1S/C49H85NO7/c1-6-8-10-12-14-16-18-20-22-23-24-26-28-30-32-34-36-38-40-48(52)57-45(43-55-42-41-46(49(53)54)50(3,4)5)44-56-47(51)39-37-35-33-31-29-27-25-21-19-17-15-13-11-9-7-2/h9,11,13,15,17,19,21,25,27,29,45-46H,6-8,10,12,14,16,18,20,22-24,26,28,30-44H2,1-5H3/b11-9+,15-13+,19-17+,25-21+,29-27+. The molecule has 0 saturated heterocycles. The summed E-state index contributed by atoms with van der Waals surface area (Å²) in [4.78, 5) is 36.9. The molecule has 0 radical (unpaired) electrons. The summed E-state index contributed by atoms with van der Waals surface area (Å²) < 4.78 is 17.1. The SMILES string of the molecule is CC/C=C/C=C/C=C/C=C/C=C/CCCCCC(=O)OCC(COCCC(C(=O)[O-])[N+](C)(C)C)OC(=O)CCCCCCCCCCCCCCCCCCCC. The number of carbonyl (C=O) groups is 3. The van der Waals surface area contributed by atoms with Crippen molar-refractivity contribution in [1.29, 1.82) is 0 Å². The normalized spacial score (nSPS) is 13.5. The zero-order chi connectivity index (χ0) is 42.1. The van der Waals surface area contributed by atoms with E-state index >= 15 is 0 Å². The Morgan fingerprint density at radius 1 is 0.544 bits per heavy atom. The molecule has 0 N–H and O–H groups in total. The highest BCUT2D eigenvalue weighted by atomic mass is 16.6. The van der Waals surface area contributed by atoms with E-state index in [1.54, 1.807) is 21.1 Å². The third-order valence-corrected chi connectivity index (χ3v) is 10.0. The summed E-state index contributed by atoms with van der Waals surface area (Å²) >= 11 is 0. The van der Waals surface area contributed by atoms with E-state index < -0.39 is 18.1 Å². The molecule has 0 aromatic rings. The highest BCUT2D eigenvalue weighted by Gasteiger charge is 2.25. The third kappa shape index (κ3) is 38.3. The number of hydrogen-bond acceptors (Lipinski definition) is 7. The van der Waals surface area contributed by atoms with Crippen molar-refractivity contribution >= 4 is 17.9 Å². The van der Waals surface area contributed by atoms with Crippen LogP contribution in [-0.4, -0.2) is 75.5 Å². The number of unbranched alkanes of at least 4 members (excludes halogenated alkanes) is 20. The number of nitrogens with zero attached hydrogens (tertiary/aromatic N) is 1. The molecule has 0 heterocycles. The first kappa shape index (κ1) is 54.0. The molecule has 0 aromatic heterocycles. The fourth-order valence-electron chi connectivity index (χ4n) is 6.50. The van der Waals surface area contributed by atoms with Crippen LogP contribution in [0.25, 0.3) is 0 Å². The minimum atomic E-state index is -1.13. The molecule has 2 atom stereocenters. The Bertz CT molecular complexity index is 1120. The van der Waals surface area contributed by atoms with E-state index in [2.05, 4.69) is 26.0 Å². The molecule has 0 aliphatic heterocycles. The second-order valence-electron chi connectivity index (χ2n) is 16.4. The second kappa shape index (κ2) is 39.8. The summed E-state index contributed by atoms with van der Waals surface area (Å²) in [5, 5.41) is 11.6. The molecule has 0 aromatic carbocycles. The summed E-state index contributed by atoms with van der Waals surface area (Å²) in [6.45, 7) is 4.48. The van der Waals surface area contributed by atoms with Crippen LogP contribution in [0.3, 0.4) is 0 Å². The second-order valence-corrected chi connectivity index (χ2v) is 16.4. The molecule has 0 bridgehead atoms. The van der Waals surface area contributed by atoms with Gasteiger partial charge in [-0.3, -0.25) is 9.59 Å². The lowest BCUT2D eigenvalue weighted by Crippen LogP contribution is -2.55. The summed E-state index contributed by atoms with van der Waals surface area (Å²) in [6, 6.07) is -0.733. The molecule has 8 heteroatoms. The first-order valence-electron chi connectivity index (χ1n) is 22.9. The molecule has 0 aliphatic rings. The van der Waals surface area contributed by atoms with E-state index in [4.69, 9.17) is 14.2 Å². The maximum absolute atomic E-state index is 12.7. The van der Waals surface area contributed by atoms with Gasteiger partial charge in [-0.2, -0.15) is 0 Å². The molecule has 8 nitrogen and oxygen atoms in total. The van der Waals surface area contributed by atoms with Gasteiger partial charge < -0.3 is 28.6 Å². The van der Waals surface area contributed by atoms with E-state index in [1.807, 2.05) is 48.6 Å². The average Bonchev–Trinajstić information content (AvgIpc) is 3.17. The minimum absolute atomic E-state index is 0.0264. The lowest BCUT2D eigenvalue weighted by Gasteiger charge is -2.34. The number of allylic oxidation sites excluding steroid dienone is 10. The summed E-state index contributed by atoms with van der Waals surface area (Å²) in [5.74, 6) is -1.79. The Morgan fingerprint density at radius 3 is 1.46 bits per heavy atom. The van der Waals surface area contributed by atoms with Crippen molar-refractivity contribution in [2.45, 2.75) is 193 Å². The first-order chi connectivity index (χ1) is 27.6. The number of aliphatic carboxylic acids is 1. The van der Waals surface area contributed by atoms with E-state index in [-0.39, 0.29) is 42.7 Å². The number of carboxylic acid groups (broad SMARTS) is 1. The van der Waals surface area contributed by atoms with Gasteiger partial charge in [-0.1, -0.05) is 190 Å². The zero-order valence-electron chi connectivity index (χ0n) is 37.2. The smallest absolute Gasteiger partial charge is 0.306 e. The topological polar surface area (TPSA) is 102 Å². The molecule has 0 aliphatic carbocycles. The van der Waals surface area contributed by atoms with Gasteiger partial charge in [0.15, 0.2) is 6.10 Å². The van der Waals surface area contributed by atoms with Gasteiger partial charge in [-0.05, 0) is 32.1 Å². The lowest BCUT2D eigenvalue weighted by molar-refractivity contribution is -0.889. The molecule has 0 rings (SSSR count). The van der Waals surface area contributed by atoms with Crippen molar-refractivity contribution in [3.05, 3.63) is 60.8 Å². The van der Waals surface area contributed by atoms with Crippen LogP contribution < -0.4 is 5.11 Å². The van der Waals surface area contributed by atoms with Crippen LogP contribution in [0.2, 0.25) is 0 Å². The molecule has 0 spiro atoms. The third-order valence-electron chi connectivity index (χ3n) is 10.0. The monoisotopic (exact) mass is 800 g/mol. The summed E-state index contributed by atoms with van der Waals surface area (Å²) in [5.41, 5.74) is 0. The van der Waals surface area contributed by atoms with E-state index in [9.17, 15) is 19.5 Å². The lowest BCUT2D eigenvalue weighted by atomic mass is 10.0. The first-order valence-corrected chi connectivity index (χ1v) is 22.9. The summed E-state index contributed by atoms with van der Waals surface area (Å²) in [6.07, 6.45) is 48.2. The van der Waals surface area contributed by atoms with Gasteiger partial charge in [0.25, 0.3) is 0 Å². The van der Waals surface area contributed by atoms with Crippen molar-refractivity contribution < 1.29 is 38.2 Å². The van der Waals surface area contributed by atoms with Crippen LogP contribution in [0.1, 0.15) is 181 Å². The van der Waals surface area contributed by atoms with Crippen molar-refractivity contribution in [2.24, 2.45) is 0 Å². The summed E-state index contributed by atoms with van der Waals surface area (Å²) in [7, 11) is 5.39. The fourth-order valence-corrected chi connectivity index (χ4v) is 6.50. The quantitative estimate of drug-likeness (QED) is 0.0263. The Balaban J connectivity index is 4.37. The maximum Gasteiger partial charge on any atom is 0.306 e. The molecule has 0 fully saturated rings. The van der Waals surface area contributed by atoms with Gasteiger partial charge in [0, 0.05) is 19.3 Å². The number of esters is 2. The van der Waals surface area contributed by atoms with Gasteiger partial charge in [0.05, 0.1) is 40.3 Å². The number of quaternary nitrogens is 1. The highest BCUT2D eigenvalue weighted by Crippen LogP contribution is 2.15. The molecule has 2 unspecified atom stereocenters. The van der Waals surface area contributed by atoms with Gasteiger partial charge in [-0.15, -0.1) is 0 Å². The van der Waals surface area contributed by atoms with Crippen LogP contribution in [-0.2, 0) is 28.6 Å². The van der Waals surface area contributed by atoms with Gasteiger partial charge in [0.1, 0.15) is 12.6 Å². The molecule has 0 amide bonds. The van der Waals surface area contributed by atoms with Gasteiger partial charge in [-0.25, -0.2) is 0 Å². The average molecular weight is 800 g/mol. The number of carboxylic acids is 1. The van der Waals surface area contributed by atoms with Crippen LogP contribution in [0.5, 0.6) is 0 Å². The van der Waals surface area contributed by atoms with Gasteiger partial charge >= 0.3 is 11.9 Å². The van der Waals surface area contributed by atoms with Crippen molar-refractivity contribution in [1.82, 2.24) is 0 Å². The molecular formula is C49H85NO7. The number of rotatable bonds is 40. The van der Waals surface area contributed by atoms with Gasteiger partial charge in [0.2, 0.25) is 0 Å². The Labute approximate surface area is 349 Å². The minimum Gasteiger partial charge on any atom is -0.544 e. The number of likely N-dealkylation sites (N-methyl/N-ethyl adjacent to an activating group) is 1. The Hall–Kier alpha value is -2.97. The van der Waals surface area contributed by atoms with E-state index in [0.717, 1.165) is 51.4 Å². The molecular weight excluding hydrogens is 715 g/mol. The predicted octanol–water partition coefficient (Wildman–Crippen LogP) is 11.2.